The number of nitrogens with zero attached hydrogens (tertiary/aromatic N) is 1. The smallest absolute Gasteiger partial charge is 0.237 e. The van der Waals surface area contributed by atoms with Crippen molar-refractivity contribution in [3.63, 3.8) is 0 Å². The van der Waals surface area contributed by atoms with Crippen LogP contribution in [-0.4, -0.2) is 48.3 Å². The third kappa shape index (κ3) is 5.31. The topological polar surface area (TPSA) is 105 Å². The molecular weight excluding hydrogens is 315 g/mol. The molecule has 0 saturated carbocycles. The number of benzene rings is 1. The second-order valence-electron chi connectivity index (χ2n) is 5.68. The lowest BCUT2D eigenvalue weighted by Crippen LogP contribution is -2.56. The van der Waals surface area contributed by atoms with E-state index >= 15 is 0 Å². The quantitative estimate of drug-likeness (QED) is 0.625. The minimum atomic E-state index is -0.629. The lowest BCUT2D eigenvalue weighted by Gasteiger charge is -2.34. The monoisotopic (exact) mass is 336 g/mol. The minimum Gasteiger partial charge on any atom is -0.370 e. The van der Waals surface area contributed by atoms with E-state index < -0.39 is 11.9 Å². The average molecular weight is 336 g/mol. The van der Waals surface area contributed by atoms with E-state index in [4.69, 9.17) is 5.73 Å². The minimum absolute atomic E-state index is 0.0279. The van der Waals surface area contributed by atoms with Gasteiger partial charge in [-0.15, -0.1) is 0 Å². The van der Waals surface area contributed by atoms with E-state index in [1.54, 1.807) is 12.1 Å². The number of nitrogens with one attached hydrogen (secondary N) is 2. The summed E-state index contributed by atoms with van der Waals surface area (Å²) >= 11 is 0. The third-order valence-corrected chi connectivity index (χ3v) is 3.79. The first-order valence-corrected chi connectivity index (χ1v) is 7.77. The molecule has 0 spiro atoms. The van der Waals surface area contributed by atoms with Gasteiger partial charge in [0.05, 0.1) is 12.5 Å². The van der Waals surface area contributed by atoms with Gasteiger partial charge >= 0.3 is 0 Å². The SMILES string of the molecule is NC(=O)CCNC(=O)C[C@@H]1C(=O)NCCN1Cc1cccc(F)c1. The van der Waals surface area contributed by atoms with Crippen molar-refractivity contribution in [2.75, 3.05) is 19.6 Å². The molecule has 1 aromatic rings. The number of primary amides is 1. The predicted molar refractivity (Wildman–Crippen MR) is 85.0 cm³/mol. The number of hydrogen-bond donors (Lipinski definition) is 3. The van der Waals surface area contributed by atoms with Gasteiger partial charge < -0.3 is 16.4 Å². The summed E-state index contributed by atoms with van der Waals surface area (Å²) in [6, 6.07) is 5.53. The van der Waals surface area contributed by atoms with Gasteiger partial charge in [0.15, 0.2) is 0 Å². The highest BCUT2D eigenvalue weighted by molar-refractivity contribution is 5.89. The zero-order valence-corrected chi connectivity index (χ0v) is 13.3. The molecule has 0 aromatic heterocycles. The molecule has 8 heteroatoms. The Bertz CT molecular complexity index is 623. The Balaban J connectivity index is 1.96. The molecule has 2 rings (SSSR count). The van der Waals surface area contributed by atoms with Crippen LogP contribution in [0.3, 0.4) is 0 Å². The van der Waals surface area contributed by atoms with Crippen LogP contribution >= 0.6 is 0 Å². The summed E-state index contributed by atoms with van der Waals surface area (Å²) in [5.74, 6) is -1.40. The van der Waals surface area contributed by atoms with E-state index in [9.17, 15) is 18.8 Å². The van der Waals surface area contributed by atoms with E-state index in [-0.39, 0.29) is 37.0 Å². The van der Waals surface area contributed by atoms with E-state index in [1.165, 1.54) is 12.1 Å². The van der Waals surface area contributed by atoms with E-state index in [0.717, 1.165) is 5.56 Å². The fraction of sp³-hybridized carbons (Fsp3) is 0.438. The molecule has 0 bridgehead atoms. The van der Waals surface area contributed by atoms with Crippen molar-refractivity contribution >= 4 is 17.7 Å². The Morgan fingerprint density at radius 3 is 2.92 bits per heavy atom. The molecule has 1 heterocycles. The summed E-state index contributed by atoms with van der Waals surface area (Å²) in [7, 11) is 0. The highest BCUT2D eigenvalue weighted by atomic mass is 19.1. The Hall–Kier alpha value is -2.48. The highest BCUT2D eigenvalue weighted by Crippen LogP contribution is 2.14. The van der Waals surface area contributed by atoms with Gasteiger partial charge in [0.2, 0.25) is 17.7 Å². The van der Waals surface area contributed by atoms with Crippen LogP contribution in [0.25, 0.3) is 0 Å². The molecule has 0 unspecified atom stereocenters. The molecule has 1 atom stereocenters. The summed E-state index contributed by atoms with van der Waals surface area (Å²) in [6.45, 7) is 1.58. The first kappa shape index (κ1) is 17.9. The summed E-state index contributed by atoms with van der Waals surface area (Å²) in [5, 5.41) is 5.30. The van der Waals surface area contributed by atoms with Crippen LogP contribution in [0, 0.1) is 5.82 Å². The molecule has 4 N–H and O–H groups in total. The lowest BCUT2D eigenvalue weighted by atomic mass is 10.1. The summed E-state index contributed by atoms with van der Waals surface area (Å²) in [6.07, 6.45) is 0.0233. The van der Waals surface area contributed by atoms with E-state index in [0.29, 0.717) is 19.6 Å². The van der Waals surface area contributed by atoms with Crippen molar-refractivity contribution in [3.05, 3.63) is 35.6 Å². The first-order chi connectivity index (χ1) is 11.5. The van der Waals surface area contributed by atoms with Gasteiger partial charge in [0, 0.05) is 32.6 Å². The molecule has 24 heavy (non-hydrogen) atoms. The second kappa shape index (κ2) is 8.39. The molecule has 0 radical (unpaired) electrons. The van der Waals surface area contributed by atoms with Gasteiger partial charge in [-0.05, 0) is 17.7 Å². The number of piperazine rings is 1. The van der Waals surface area contributed by atoms with Crippen molar-refractivity contribution in [3.8, 4) is 0 Å². The Morgan fingerprint density at radius 2 is 2.21 bits per heavy atom. The van der Waals surface area contributed by atoms with Crippen molar-refractivity contribution in [1.82, 2.24) is 15.5 Å². The maximum absolute atomic E-state index is 13.3. The van der Waals surface area contributed by atoms with Crippen LogP contribution in [0.2, 0.25) is 0 Å². The molecule has 1 aliphatic heterocycles. The van der Waals surface area contributed by atoms with Gasteiger partial charge in [0.1, 0.15) is 5.82 Å². The number of amides is 3. The standard InChI is InChI=1S/C16H21FN4O3/c17-12-3-1-2-11(8-12)10-21-7-6-20-16(24)13(21)9-15(23)19-5-4-14(18)22/h1-3,8,13H,4-7,9-10H2,(H2,18,22)(H,19,23)(H,20,24)/t13-/m1/s1. The summed E-state index contributed by atoms with van der Waals surface area (Å²) < 4.78 is 13.3. The molecular formula is C16H21FN4O3. The molecule has 7 nitrogen and oxygen atoms in total. The van der Waals surface area contributed by atoms with Crippen molar-refractivity contribution in [2.45, 2.75) is 25.4 Å². The van der Waals surface area contributed by atoms with Gasteiger partial charge in [-0.1, -0.05) is 12.1 Å². The molecule has 130 valence electrons. The largest absolute Gasteiger partial charge is 0.370 e. The van der Waals surface area contributed by atoms with Crippen LogP contribution in [-0.2, 0) is 20.9 Å². The normalized spacial score (nSPS) is 18.0. The van der Waals surface area contributed by atoms with Crippen molar-refractivity contribution in [1.29, 1.82) is 0 Å². The van der Waals surface area contributed by atoms with E-state index in [2.05, 4.69) is 10.6 Å². The van der Waals surface area contributed by atoms with Gasteiger partial charge in [-0.2, -0.15) is 0 Å². The fourth-order valence-electron chi connectivity index (χ4n) is 2.62. The fourth-order valence-corrected chi connectivity index (χ4v) is 2.62. The molecule has 0 aliphatic carbocycles. The number of halogens is 1. The van der Waals surface area contributed by atoms with Crippen molar-refractivity contribution < 1.29 is 18.8 Å². The zero-order chi connectivity index (χ0) is 17.5. The van der Waals surface area contributed by atoms with E-state index in [1.807, 2.05) is 4.90 Å². The van der Waals surface area contributed by atoms with Crippen LogP contribution in [0.1, 0.15) is 18.4 Å². The van der Waals surface area contributed by atoms with Gasteiger partial charge in [-0.3, -0.25) is 19.3 Å². The first-order valence-electron chi connectivity index (χ1n) is 7.77. The highest BCUT2D eigenvalue weighted by Gasteiger charge is 2.31. The summed E-state index contributed by atoms with van der Waals surface area (Å²) in [5.41, 5.74) is 5.75. The molecule has 3 amide bonds. The maximum atomic E-state index is 13.3. The van der Waals surface area contributed by atoms with Crippen LogP contribution in [0.15, 0.2) is 24.3 Å². The van der Waals surface area contributed by atoms with Crippen LogP contribution in [0.5, 0.6) is 0 Å². The average Bonchev–Trinajstić information content (AvgIpc) is 2.50. The zero-order valence-electron chi connectivity index (χ0n) is 13.3. The van der Waals surface area contributed by atoms with Crippen LogP contribution < -0.4 is 16.4 Å². The molecule has 1 fully saturated rings. The number of carbonyl (C=O) groups is 3. The Morgan fingerprint density at radius 1 is 1.42 bits per heavy atom. The lowest BCUT2D eigenvalue weighted by molar-refractivity contribution is -0.134. The van der Waals surface area contributed by atoms with Gasteiger partial charge in [-0.25, -0.2) is 4.39 Å². The number of nitrogens with two attached hydrogens (primary N) is 1. The predicted octanol–water partition coefficient (Wildman–Crippen LogP) is -0.492. The molecule has 1 aliphatic rings. The Labute approximate surface area is 139 Å². The molecule has 1 saturated heterocycles. The number of rotatable bonds is 7. The number of carbonyl (C=O) groups excluding carboxylic acids is 3. The molecule has 1 aromatic carbocycles. The van der Waals surface area contributed by atoms with Crippen molar-refractivity contribution in [2.24, 2.45) is 5.73 Å². The Kier molecular flexibility index (Phi) is 6.25. The second-order valence-corrected chi connectivity index (χ2v) is 5.68. The third-order valence-electron chi connectivity index (χ3n) is 3.79. The van der Waals surface area contributed by atoms with Crippen LogP contribution in [0.4, 0.5) is 4.39 Å². The van der Waals surface area contributed by atoms with Gasteiger partial charge in [0.25, 0.3) is 0 Å². The summed E-state index contributed by atoms with van der Waals surface area (Å²) in [4.78, 5) is 36.6. The number of hydrogen-bond acceptors (Lipinski definition) is 4. The maximum Gasteiger partial charge on any atom is 0.237 e.